The molecule has 0 fully saturated rings. The van der Waals surface area contributed by atoms with E-state index in [9.17, 15) is 13.2 Å². The summed E-state index contributed by atoms with van der Waals surface area (Å²) < 4.78 is 39.9. The number of halogens is 4. The molecule has 2 aromatic carbocycles. The van der Waals surface area contributed by atoms with Crippen LogP contribution in [0.5, 0.6) is 5.75 Å². The third-order valence-electron chi connectivity index (χ3n) is 2.51. The molecule has 0 amide bonds. The van der Waals surface area contributed by atoms with Crippen LogP contribution in [0.15, 0.2) is 47.4 Å². The molecule has 112 valence electrons. The summed E-state index contributed by atoms with van der Waals surface area (Å²) in [7, 11) is 0. The van der Waals surface area contributed by atoms with E-state index < -0.39 is 6.36 Å². The highest BCUT2D eigenvalue weighted by Crippen LogP contribution is 2.31. The van der Waals surface area contributed by atoms with E-state index in [2.05, 4.69) is 4.74 Å². The number of thioether (sulfide) groups is 1. The Morgan fingerprint density at radius 3 is 2.33 bits per heavy atom. The third-order valence-corrected chi connectivity index (χ3v) is 4.08. The van der Waals surface area contributed by atoms with Crippen molar-refractivity contribution in [2.45, 2.75) is 17.0 Å². The van der Waals surface area contributed by atoms with Gasteiger partial charge in [0.15, 0.2) is 0 Å². The van der Waals surface area contributed by atoms with Crippen LogP contribution in [0.2, 0.25) is 5.02 Å². The van der Waals surface area contributed by atoms with Gasteiger partial charge in [-0.2, -0.15) is 0 Å². The van der Waals surface area contributed by atoms with Gasteiger partial charge in [0.05, 0.1) is 5.02 Å². The van der Waals surface area contributed by atoms with Gasteiger partial charge >= 0.3 is 6.36 Å². The lowest BCUT2D eigenvalue weighted by atomic mass is 10.2. The van der Waals surface area contributed by atoms with Crippen LogP contribution < -0.4 is 10.5 Å². The summed E-state index contributed by atoms with van der Waals surface area (Å²) in [5.41, 5.74) is 7.05. The minimum atomic E-state index is -4.67. The third kappa shape index (κ3) is 5.06. The van der Waals surface area contributed by atoms with Crippen LogP contribution >= 0.6 is 23.4 Å². The Morgan fingerprint density at radius 2 is 1.76 bits per heavy atom. The minimum absolute atomic E-state index is 0.234. The Kier molecular flexibility index (Phi) is 4.90. The minimum Gasteiger partial charge on any atom is -0.406 e. The summed E-state index contributed by atoms with van der Waals surface area (Å²) in [5, 5.41) is 0.553. The molecule has 0 aliphatic heterocycles. The van der Waals surface area contributed by atoms with Gasteiger partial charge in [0.1, 0.15) is 5.75 Å². The lowest BCUT2D eigenvalue weighted by Gasteiger charge is -2.09. The molecule has 0 aromatic heterocycles. The molecule has 0 bridgehead atoms. The van der Waals surface area contributed by atoms with Gasteiger partial charge in [-0.25, -0.2) is 0 Å². The van der Waals surface area contributed by atoms with Crippen molar-refractivity contribution in [3.05, 3.63) is 53.1 Å². The van der Waals surface area contributed by atoms with Gasteiger partial charge in [-0.05, 0) is 35.9 Å². The molecule has 7 heteroatoms. The first-order valence-corrected chi connectivity index (χ1v) is 7.22. The van der Waals surface area contributed by atoms with E-state index in [1.807, 2.05) is 6.07 Å². The highest BCUT2D eigenvalue weighted by atomic mass is 35.5. The normalized spacial score (nSPS) is 11.4. The van der Waals surface area contributed by atoms with Gasteiger partial charge in [0.25, 0.3) is 0 Å². The number of benzene rings is 2. The number of nitrogens with two attached hydrogens (primary N) is 1. The van der Waals surface area contributed by atoms with Crippen molar-refractivity contribution in [1.29, 1.82) is 0 Å². The quantitative estimate of drug-likeness (QED) is 0.623. The molecule has 2 rings (SSSR count). The predicted octanol–water partition coefficient (Wildman–Crippen LogP) is 5.11. The second-order valence-corrected chi connectivity index (χ2v) is 5.59. The van der Waals surface area contributed by atoms with E-state index in [4.69, 9.17) is 17.3 Å². The first-order valence-electron chi connectivity index (χ1n) is 5.86. The first-order chi connectivity index (χ1) is 9.83. The average Bonchev–Trinajstić information content (AvgIpc) is 2.38. The van der Waals surface area contributed by atoms with Gasteiger partial charge in [-0.1, -0.05) is 23.7 Å². The van der Waals surface area contributed by atoms with E-state index in [0.717, 1.165) is 10.5 Å². The van der Waals surface area contributed by atoms with E-state index in [0.29, 0.717) is 16.5 Å². The van der Waals surface area contributed by atoms with Crippen molar-refractivity contribution in [2.24, 2.45) is 0 Å². The summed E-state index contributed by atoms with van der Waals surface area (Å²) in [6.07, 6.45) is -4.67. The van der Waals surface area contributed by atoms with E-state index >= 15 is 0 Å². The summed E-state index contributed by atoms with van der Waals surface area (Å²) >= 11 is 7.53. The Labute approximate surface area is 129 Å². The molecule has 0 saturated carbocycles. The fraction of sp³-hybridized carbons (Fsp3) is 0.143. The SMILES string of the molecule is Nc1ccc(SCc2ccc(OC(F)(F)F)cc2)c(Cl)c1. The molecule has 0 radical (unpaired) electrons. The number of ether oxygens (including phenoxy) is 1. The van der Waals surface area contributed by atoms with E-state index in [1.54, 1.807) is 24.3 Å². The van der Waals surface area contributed by atoms with Crippen molar-refractivity contribution < 1.29 is 17.9 Å². The van der Waals surface area contributed by atoms with Gasteiger partial charge in [-0.15, -0.1) is 24.9 Å². The molecule has 0 saturated heterocycles. The molecule has 0 unspecified atom stereocenters. The van der Waals surface area contributed by atoms with Gasteiger partial charge in [0.2, 0.25) is 0 Å². The van der Waals surface area contributed by atoms with Crippen LogP contribution in [0.3, 0.4) is 0 Å². The topological polar surface area (TPSA) is 35.2 Å². The molecule has 0 aliphatic rings. The van der Waals surface area contributed by atoms with Crippen LogP contribution in [0.1, 0.15) is 5.56 Å². The van der Waals surface area contributed by atoms with Crippen LogP contribution in [-0.2, 0) is 5.75 Å². The number of anilines is 1. The molecule has 0 aliphatic carbocycles. The Balaban J connectivity index is 1.97. The molecule has 0 spiro atoms. The fourth-order valence-corrected chi connectivity index (χ4v) is 2.81. The maximum atomic E-state index is 12.0. The second kappa shape index (κ2) is 6.49. The Morgan fingerprint density at radius 1 is 1.10 bits per heavy atom. The summed E-state index contributed by atoms with van der Waals surface area (Å²) in [6, 6.07) is 10.9. The first kappa shape index (κ1) is 15.9. The summed E-state index contributed by atoms with van der Waals surface area (Å²) in [5.74, 6) is 0.345. The van der Waals surface area contributed by atoms with Crippen molar-refractivity contribution in [3.63, 3.8) is 0 Å². The van der Waals surface area contributed by atoms with Gasteiger partial charge < -0.3 is 10.5 Å². The lowest BCUT2D eigenvalue weighted by molar-refractivity contribution is -0.274. The number of alkyl halides is 3. The Hall–Kier alpha value is -1.53. The standard InChI is InChI=1S/C14H11ClF3NOS/c15-12-7-10(19)3-6-13(12)21-8-9-1-4-11(5-2-9)20-14(16,17)18/h1-7H,8,19H2. The van der Waals surface area contributed by atoms with Crippen LogP contribution in [0.25, 0.3) is 0 Å². The predicted molar refractivity (Wildman–Crippen MR) is 78.6 cm³/mol. The van der Waals surface area contributed by atoms with Crippen molar-refractivity contribution >= 4 is 29.1 Å². The molecule has 2 aromatic rings. The number of nitrogen functional groups attached to an aromatic ring is 1. The van der Waals surface area contributed by atoms with Crippen LogP contribution in [0.4, 0.5) is 18.9 Å². The lowest BCUT2D eigenvalue weighted by Crippen LogP contribution is -2.16. The van der Waals surface area contributed by atoms with E-state index in [1.165, 1.54) is 23.9 Å². The zero-order valence-corrected chi connectivity index (χ0v) is 12.2. The monoisotopic (exact) mass is 333 g/mol. The number of rotatable bonds is 4. The van der Waals surface area contributed by atoms with Crippen molar-refractivity contribution in [3.8, 4) is 5.75 Å². The molecular weight excluding hydrogens is 323 g/mol. The van der Waals surface area contributed by atoms with Crippen molar-refractivity contribution in [1.82, 2.24) is 0 Å². The average molecular weight is 334 g/mol. The molecular formula is C14H11ClF3NOS. The largest absolute Gasteiger partial charge is 0.573 e. The zero-order chi connectivity index (χ0) is 15.5. The van der Waals surface area contributed by atoms with Crippen molar-refractivity contribution in [2.75, 3.05) is 5.73 Å². The van der Waals surface area contributed by atoms with E-state index in [-0.39, 0.29) is 5.75 Å². The molecule has 2 nitrogen and oxygen atoms in total. The zero-order valence-electron chi connectivity index (χ0n) is 10.7. The maximum Gasteiger partial charge on any atom is 0.573 e. The summed E-state index contributed by atoms with van der Waals surface area (Å²) in [6.45, 7) is 0. The molecule has 21 heavy (non-hydrogen) atoms. The van der Waals surface area contributed by atoms with Crippen LogP contribution in [-0.4, -0.2) is 6.36 Å². The Bertz CT molecular complexity index is 617. The maximum absolute atomic E-state index is 12.0. The van der Waals surface area contributed by atoms with Gasteiger partial charge in [0, 0.05) is 16.3 Å². The van der Waals surface area contributed by atoms with Gasteiger partial charge in [-0.3, -0.25) is 0 Å². The highest BCUT2D eigenvalue weighted by Gasteiger charge is 2.30. The number of hydrogen-bond acceptors (Lipinski definition) is 3. The van der Waals surface area contributed by atoms with Crippen LogP contribution in [0, 0.1) is 0 Å². The molecule has 0 atom stereocenters. The number of hydrogen-bond donors (Lipinski definition) is 1. The highest BCUT2D eigenvalue weighted by molar-refractivity contribution is 7.98. The molecule has 2 N–H and O–H groups in total. The second-order valence-electron chi connectivity index (χ2n) is 4.17. The smallest absolute Gasteiger partial charge is 0.406 e. The summed E-state index contributed by atoms with van der Waals surface area (Å²) in [4.78, 5) is 0.862. The fourth-order valence-electron chi connectivity index (χ4n) is 1.58. The molecule has 0 heterocycles.